The largest absolute Gasteiger partial charge is 0.457 e. The fourth-order valence-electron chi connectivity index (χ4n) is 5.37. The summed E-state index contributed by atoms with van der Waals surface area (Å²) in [5, 5.41) is 2.62. The number of alkyl halides is 6. The number of carbonyl (C=O) groups excluding carboxylic acids is 2. The van der Waals surface area contributed by atoms with Gasteiger partial charge in [-0.15, -0.1) is 0 Å². The molecule has 0 spiro atoms. The average Bonchev–Trinajstić information content (AvgIpc) is 3.52. The van der Waals surface area contributed by atoms with Crippen LogP contribution in [0.4, 0.5) is 43.4 Å². The number of amidine groups is 2. The normalized spacial score (nSPS) is 15.8. The molecular weight excluding hydrogens is 650 g/mol. The Labute approximate surface area is 273 Å². The van der Waals surface area contributed by atoms with E-state index in [0.717, 1.165) is 24.3 Å². The lowest BCUT2D eigenvalue weighted by molar-refractivity contribution is -0.138. The second-order valence-corrected chi connectivity index (χ2v) is 10.9. The van der Waals surface area contributed by atoms with Gasteiger partial charge in [-0.3, -0.25) is 14.5 Å². The molecule has 13 heteroatoms. The van der Waals surface area contributed by atoms with Gasteiger partial charge >= 0.3 is 12.4 Å². The van der Waals surface area contributed by atoms with Crippen molar-refractivity contribution in [3.63, 3.8) is 0 Å². The Kier molecular flexibility index (Phi) is 7.54. The van der Waals surface area contributed by atoms with Crippen molar-refractivity contribution < 1.29 is 40.7 Å². The minimum absolute atomic E-state index is 0.160. The first-order valence-corrected chi connectivity index (χ1v) is 14.5. The number of rotatable bonds is 5. The van der Waals surface area contributed by atoms with Crippen LogP contribution in [0.15, 0.2) is 125 Å². The van der Waals surface area contributed by atoms with Gasteiger partial charge in [0.05, 0.1) is 39.3 Å². The summed E-state index contributed by atoms with van der Waals surface area (Å²) in [5.74, 6) is -0.0161. The number of halogens is 6. The minimum Gasteiger partial charge on any atom is -0.457 e. The van der Waals surface area contributed by atoms with E-state index in [1.165, 1.54) is 35.2 Å². The van der Waals surface area contributed by atoms with E-state index in [4.69, 9.17) is 4.74 Å². The van der Waals surface area contributed by atoms with Gasteiger partial charge in [0.2, 0.25) is 0 Å². The molecule has 0 fully saturated rings. The third-order valence-corrected chi connectivity index (χ3v) is 7.72. The van der Waals surface area contributed by atoms with Crippen molar-refractivity contribution >= 4 is 40.5 Å². The number of benzene rings is 5. The van der Waals surface area contributed by atoms with Crippen LogP contribution in [0.1, 0.15) is 43.0 Å². The molecular formula is C36H20F6N4O3. The second-order valence-electron chi connectivity index (χ2n) is 10.9. The highest BCUT2D eigenvalue weighted by Crippen LogP contribution is 2.36. The Morgan fingerprint density at radius 2 is 1.10 bits per heavy atom. The fraction of sp³-hybridized carbons (Fsp3) is 0.0556. The lowest BCUT2D eigenvalue weighted by Crippen LogP contribution is -2.29. The Morgan fingerprint density at radius 1 is 0.571 bits per heavy atom. The fourth-order valence-corrected chi connectivity index (χ4v) is 5.37. The molecule has 0 atom stereocenters. The summed E-state index contributed by atoms with van der Waals surface area (Å²) in [6.45, 7) is 0. The molecule has 2 heterocycles. The Balaban J connectivity index is 1.20. The van der Waals surface area contributed by atoms with Gasteiger partial charge in [0.15, 0.2) is 0 Å². The van der Waals surface area contributed by atoms with Crippen molar-refractivity contribution in [2.45, 2.75) is 12.4 Å². The van der Waals surface area contributed by atoms with Crippen LogP contribution in [-0.4, -0.2) is 23.5 Å². The third kappa shape index (κ3) is 6.13. The predicted molar refractivity (Wildman–Crippen MR) is 169 cm³/mol. The molecule has 0 unspecified atom stereocenters. The van der Waals surface area contributed by atoms with Crippen molar-refractivity contribution in [3.05, 3.63) is 149 Å². The molecule has 7 nitrogen and oxygen atoms in total. The van der Waals surface area contributed by atoms with Gasteiger partial charge in [0.25, 0.3) is 11.8 Å². The highest BCUT2D eigenvalue weighted by atomic mass is 19.4. The summed E-state index contributed by atoms with van der Waals surface area (Å²) in [7, 11) is 0. The molecule has 0 saturated heterocycles. The van der Waals surface area contributed by atoms with Gasteiger partial charge in [-0.2, -0.15) is 26.3 Å². The van der Waals surface area contributed by atoms with Crippen LogP contribution in [0, 0.1) is 0 Å². The zero-order valence-corrected chi connectivity index (χ0v) is 24.8. The molecule has 244 valence electrons. The highest BCUT2D eigenvalue weighted by molar-refractivity contribution is 6.36. The molecule has 2 aliphatic heterocycles. The number of hydrogen-bond acceptors (Lipinski definition) is 5. The van der Waals surface area contributed by atoms with Crippen LogP contribution in [-0.2, 0) is 12.4 Å². The first-order chi connectivity index (χ1) is 23.3. The van der Waals surface area contributed by atoms with E-state index in [-0.39, 0.29) is 40.1 Å². The number of aliphatic imine (C=N–C) groups is 2. The predicted octanol–water partition coefficient (Wildman–Crippen LogP) is 9.08. The first-order valence-electron chi connectivity index (χ1n) is 14.5. The molecule has 0 aromatic heterocycles. The second kappa shape index (κ2) is 11.8. The average molecular weight is 671 g/mol. The van der Waals surface area contributed by atoms with Gasteiger partial charge in [0.1, 0.15) is 23.2 Å². The molecule has 0 bridgehead atoms. The monoisotopic (exact) mass is 670 g/mol. The SMILES string of the molecule is O=C1NC(=Nc2ccc(C(F)(F)F)cc2)c2ccc(Oc3ccc4c(c3)C(=Nc3ccc(C(F)(F)F)cc3)N(c3ccccc3)C4=O)cc21. The molecule has 2 amide bonds. The Hall–Kier alpha value is -6.24. The summed E-state index contributed by atoms with van der Waals surface area (Å²) >= 11 is 0. The number of nitrogens with one attached hydrogen (secondary N) is 1. The van der Waals surface area contributed by atoms with E-state index in [0.29, 0.717) is 22.4 Å². The molecule has 0 radical (unpaired) electrons. The van der Waals surface area contributed by atoms with Crippen molar-refractivity contribution in [2.75, 3.05) is 4.90 Å². The lowest BCUT2D eigenvalue weighted by Gasteiger charge is -2.17. The summed E-state index contributed by atoms with van der Waals surface area (Å²) in [6, 6.07) is 26.4. The van der Waals surface area contributed by atoms with E-state index in [1.54, 1.807) is 60.7 Å². The summed E-state index contributed by atoms with van der Waals surface area (Å²) in [6.07, 6.45) is -9.02. The summed E-state index contributed by atoms with van der Waals surface area (Å²) in [4.78, 5) is 36.6. The Bertz CT molecular complexity index is 2180. The number of carbonyl (C=O) groups is 2. The van der Waals surface area contributed by atoms with Gasteiger partial charge in [-0.05, 0) is 97.1 Å². The van der Waals surface area contributed by atoms with Crippen LogP contribution in [0.3, 0.4) is 0 Å². The highest BCUT2D eigenvalue weighted by Gasteiger charge is 2.36. The number of anilines is 1. The van der Waals surface area contributed by atoms with Crippen LogP contribution < -0.4 is 15.0 Å². The quantitative estimate of drug-likeness (QED) is 0.190. The number of para-hydroxylation sites is 1. The van der Waals surface area contributed by atoms with Crippen LogP contribution in [0.5, 0.6) is 11.5 Å². The van der Waals surface area contributed by atoms with E-state index in [9.17, 15) is 35.9 Å². The minimum atomic E-state index is -4.53. The van der Waals surface area contributed by atoms with E-state index < -0.39 is 35.3 Å². The van der Waals surface area contributed by atoms with E-state index >= 15 is 0 Å². The molecule has 49 heavy (non-hydrogen) atoms. The maximum atomic E-state index is 13.6. The van der Waals surface area contributed by atoms with Crippen molar-refractivity contribution in [2.24, 2.45) is 9.98 Å². The number of nitrogens with zero attached hydrogens (tertiary/aromatic N) is 3. The molecule has 0 aliphatic carbocycles. The number of hydrogen-bond donors (Lipinski definition) is 1. The van der Waals surface area contributed by atoms with Crippen molar-refractivity contribution in [3.8, 4) is 11.5 Å². The van der Waals surface area contributed by atoms with E-state index in [2.05, 4.69) is 15.3 Å². The molecule has 5 aromatic rings. The zero-order valence-electron chi connectivity index (χ0n) is 24.8. The Morgan fingerprint density at radius 3 is 1.67 bits per heavy atom. The summed E-state index contributed by atoms with van der Waals surface area (Å²) in [5.41, 5.74) is 0.537. The molecule has 2 aliphatic rings. The zero-order chi connectivity index (χ0) is 34.5. The smallest absolute Gasteiger partial charge is 0.416 e. The number of fused-ring (bicyclic) bond motifs is 2. The van der Waals surface area contributed by atoms with E-state index in [1.807, 2.05) is 0 Å². The van der Waals surface area contributed by atoms with Gasteiger partial charge in [0, 0.05) is 11.1 Å². The number of amides is 2. The van der Waals surface area contributed by atoms with Crippen molar-refractivity contribution in [1.82, 2.24) is 5.32 Å². The molecule has 5 aromatic carbocycles. The van der Waals surface area contributed by atoms with Crippen LogP contribution >= 0.6 is 0 Å². The van der Waals surface area contributed by atoms with Crippen molar-refractivity contribution in [1.29, 1.82) is 0 Å². The molecule has 0 saturated carbocycles. The maximum absolute atomic E-state index is 13.6. The summed E-state index contributed by atoms with van der Waals surface area (Å²) < 4.78 is 84.4. The van der Waals surface area contributed by atoms with Gasteiger partial charge < -0.3 is 10.1 Å². The molecule has 1 N–H and O–H groups in total. The van der Waals surface area contributed by atoms with Crippen LogP contribution in [0.25, 0.3) is 0 Å². The molecule has 7 rings (SSSR count). The first kappa shape index (κ1) is 31.4. The number of ether oxygens (including phenoxy) is 1. The van der Waals surface area contributed by atoms with Gasteiger partial charge in [-0.1, -0.05) is 18.2 Å². The topological polar surface area (TPSA) is 83.4 Å². The third-order valence-electron chi connectivity index (χ3n) is 7.72. The van der Waals surface area contributed by atoms with Gasteiger partial charge in [-0.25, -0.2) is 9.98 Å². The van der Waals surface area contributed by atoms with Crippen LogP contribution in [0.2, 0.25) is 0 Å². The lowest BCUT2D eigenvalue weighted by atomic mass is 10.1. The maximum Gasteiger partial charge on any atom is 0.416 e. The standard InChI is InChI=1S/C36H20F6N4O3/c37-35(38,39)20-6-10-22(11-7-20)43-31-27-16-14-26(19-30(27)33(47)45-31)49-25-15-17-28-29(18-25)32(46(34(28)48)24-4-2-1-3-5-24)44-23-12-8-21(9-13-23)36(40,41)42/h1-19H,(H,43,45,47).